The molecule has 0 fully saturated rings. The molecule has 0 aliphatic heterocycles. The molecule has 0 aromatic carbocycles. The minimum Gasteiger partial charge on any atom is -0.462 e. The predicted molar refractivity (Wildman–Crippen MR) is 334 cm³/mol. The first-order valence-electron chi connectivity index (χ1n) is 32.4. The molecule has 0 saturated carbocycles. The summed E-state index contributed by atoms with van der Waals surface area (Å²) in [6.45, 7) is 6.37. The number of allylic oxidation sites excluding steroid dienone is 18. The fourth-order valence-corrected chi connectivity index (χ4v) is 9.01. The van der Waals surface area contributed by atoms with Gasteiger partial charge in [-0.3, -0.25) is 14.4 Å². The van der Waals surface area contributed by atoms with Crippen LogP contribution in [0.15, 0.2) is 109 Å². The van der Waals surface area contributed by atoms with Gasteiger partial charge in [0.25, 0.3) is 0 Å². The molecule has 1 unspecified atom stereocenters. The molecule has 1 atom stereocenters. The fourth-order valence-electron chi connectivity index (χ4n) is 9.01. The van der Waals surface area contributed by atoms with Crippen LogP contribution in [-0.4, -0.2) is 37.2 Å². The highest BCUT2D eigenvalue weighted by Crippen LogP contribution is 2.17. The number of esters is 3. The van der Waals surface area contributed by atoms with Crippen molar-refractivity contribution < 1.29 is 28.6 Å². The molecule has 0 amide bonds. The van der Waals surface area contributed by atoms with Gasteiger partial charge in [-0.25, -0.2) is 0 Å². The molecule has 0 heterocycles. The molecular weight excluding hydrogens is 949 g/mol. The van der Waals surface area contributed by atoms with Gasteiger partial charge in [-0.15, -0.1) is 0 Å². The maximum absolute atomic E-state index is 12.9. The van der Waals surface area contributed by atoms with E-state index >= 15 is 0 Å². The van der Waals surface area contributed by atoms with E-state index in [0.717, 1.165) is 103 Å². The monoisotopic (exact) mass is 1070 g/mol. The van der Waals surface area contributed by atoms with E-state index in [2.05, 4.69) is 124 Å². The summed E-state index contributed by atoms with van der Waals surface area (Å²) in [5.74, 6) is -0.990. The quantitative estimate of drug-likeness (QED) is 0.0261. The van der Waals surface area contributed by atoms with Crippen LogP contribution in [0.3, 0.4) is 0 Å². The van der Waals surface area contributed by atoms with E-state index in [1.54, 1.807) is 0 Å². The van der Waals surface area contributed by atoms with Gasteiger partial charge >= 0.3 is 17.9 Å². The highest BCUT2D eigenvalue weighted by molar-refractivity contribution is 5.71. The van der Waals surface area contributed by atoms with Gasteiger partial charge < -0.3 is 14.2 Å². The summed E-state index contributed by atoms with van der Waals surface area (Å²) >= 11 is 0. The van der Waals surface area contributed by atoms with Crippen molar-refractivity contribution in [1.29, 1.82) is 0 Å². The van der Waals surface area contributed by atoms with E-state index in [4.69, 9.17) is 14.2 Å². The molecule has 0 N–H and O–H groups in total. The molecule has 0 spiro atoms. The Hall–Kier alpha value is -3.93. The van der Waals surface area contributed by atoms with Crippen molar-refractivity contribution in [2.45, 2.75) is 309 Å². The molecule has 0 radical (unpaired) electrons. The predicted octanol–water partition coefficient (Wildman–Crippen LogP) is 22.2. The number of carbonyl (C=O) groups excluding carboxylic acids is 3. The van der Waals surface area contributed by atoms with Gasteiger partial charge in [0.1, 0.15) is 13.2 Å². The molecular formula is C71H120O6. The Morgan fingerprint density at radius 1 is 0.273 bits per heavy atom. The molecule has 0 aliphatic rings. The Morgan fingerprint density at radius 3 is 0.870 bits per heavy atom. The zero-order valence-electron chi connectivity index (χ0n) is 50.4. The van der Waals surface area contributed by atoms with Crippen LogP contribution >= 0.6 is 0 Å². The zero-order chi connectivity index (χ0) is 55.7. The summed E-state index contributed by atoms with van der Waals surface area (Å²) < 4.78 is 16.9. The summed E-state index contributed by atoms with van der Waals surface area (Å²) in [4.78, 5) is 38.3. The highest BCUT2D eigenvalue weighted by Gasteiger charge is 2.19. The number of rotatable bonds is 58. The summed E-state index contributed by atoms with van der Waals surface area (Å²) in [7, 11) is 0. The Morgan fingerprint density at radius 2 is 0.532 bits per heavy atom. The van der Waals surface area contributed by atoms with Gasteiger partial charge in [-0.05, 0) is 89.9 Å². The minimum atomic E-state index is -0.813. The van der Waals surface area contributed by atoms with Crippen molar-refractivity contribution in [2.75, 3.05) is 13.2 Å². The maximum atomic E-state index is 12.9. The van der Waals surface area contributed by atoms with E-state index in [9.17, 15) is 14.4 Å². The van der Waals surface area contributed by atoms with Crippen LogP contribution in [-0.2, 0) is 28.6 Å². The molecule has 0 rings (SSSR count). The third kappa shape index (κ3) is 62.8. The first-order valence-corrected chi connectivity index (χ1v) is 32.4. The van der Waals surface area contributed by atoms with Crippen LogP contribution in [0.5, 0.6) is 0 Å². The second kappa shape index (κ2) is 64.6. The van der Waals surface area contributed by atoms with Gasteiger partial charge in [0.2, 0.25) is 0 Å². The van der Waals surface area contributed by atoms with Crippen molar-refractivity contribution in [3.8, 4) is 0 Å². The molecule has 0 saturated heterocycles. The van der Waals surface area contributed by atoms with Crippen molar-refractivity contribution >= 4 is 17.9 Å². The van der Waals surface area contributed by atoms with E-state index < -0.39 is 6.10 Å². The Labute approximate surface area is 476 Å². The lowest BCUT2D eigenvalue weighted by Crippen LogP contribution is -2.30. The largest absolute Gasteiger partial charge is 0.462 e. The highest BCUT2D eigenvalue weighted by atomic mass is 16.6. The molecule has 6 heteroatoms. The average Bonchev–Trinajstić information content (AvgIpc) is 3.43. The Balaban J connectivity index is 4.37. The van der Waals surface area contributed by atoms with Crippen LogP contribution < -0.4 is 0 Å². The lowest BCUT2D eigenvalue weighted by Gasteiger charge is -2.18. The number of unbranched alkanes of at least 4 members (excludes halogenated alkanes) is 29. The van der Waals surface area contributed by atoms with Crippen LogP contribution in [0.4, 0.5) is 0 Å². The SMILES string of the molecule is CC/C=C\C/C=C\C/C=C\C/C=C\C/C=C\CCCCCCCCCC(=O)OCC(COC(=O)CC/C=C\C/C=C\C/C=C\C/C=C\CC)OC(=O)CCCCCCCCCCCCCCCCCCCCCCCCC. The van der Waals surface area contributed by atoms with Crippen LogP contribution in [0, 0.1) is 0 Å². The molecule has 77 heavy (non-hydrogen) atoms. The Bertz CT molecular complexity index is 1560. The van der Waals surface area contributed by atoms with Crippen molar-refractivity contribution in [1.82, 2.24) is 0 Å². The van der Waals surface area contributed by atoms with Gasteiger partial charge in [-0.2, -0.15) is 0 Å². The maximum Gasteiger partial charge on any atom is 0.306 e. The average molecular weight is 1070 g/mol. The van der Waals surface area contributed by atoms with Crippen molar-refractivity contribution in [2.24, 2.45) is 0 Å². The smallest absolute Gasteiger partial charge is 0.306 e. The molecule has 0 aromatic heterocycles. The van der Waals surface area contributed by atoms with Gasteiger partial charge in [-0.1, -0.05) is 304 Å². The van der Waals surface area contributed by atoms with Crippen LogP contribution in [0.2, 0.25) is 0 Å². The van der Waals surface area contributed by atoms with Gasteiger partial charge in [0.15, 0.2) is 6.10 Å². The first kappa shape index (κ1) is 73.1. The zero-order valence-corrected chi connectivity index (χ0v) is 50.4. The third-order valence-electron chi connectivity index (χ3n) is 13.8. The van der Waals surface area contributed by atoms with Crippen LogP contribution in [0.1, 0.15) is 303 Å². The first-order chi connectivity index (χ1) is 38.0. The minimum absolute atomic E-state index is 0.105. The Kier molecular flexibility index (Phi) is 61.3. The number of ether oxygens (including phenoxy) is 3. The van der Waals surface area contributed by atoms with Crippen molar-refractivity contribution in [3.63, 3.8) is 0 Å². The van der Waals surface area contributed by atoms with E-state index in [-0.39, 0.29) is 37.5 Å². The molecule has 0 aliphatic carbocycles. The van der Waals surface area contributed by atoms with E-state index in [1.807, 2.05) is 6.08 Å². The number of hydrogen-bond acceptors (Lipinski definition) is 6. The summed E-state index contributed by atoms with van der Waals surface area (Å²) in [6, 6.07) is 0. The third-order valence-corrected chi connectivity index (χ3v) is 13.8. The van der Waals surface area contributed by atoms with Gasteiger partial charge in [0, 0.05) is 19.3 Å². The molecule has 0 bridgehead atoms. The summed E-state index contributed by atoms with van der Waals surface area (Å²) in [5, 5.41) is 0. The summed E-state index contributed by atoms with van der Waals surface area (Å²) in [5.41, 5.74) is 0. The van der Waals surface area contributed by atoms with Gasteiger partial charge in [0.05, 0.1) is 0 Å². The van der Waals surface area contributed by atoms with Crippen molar-refractivity contribution in [3.05, 3.63) is 109 Å². The standard InChI is InChI=1S/C71H120O6/c1-4-7-10-13-16-19-22-25-27-29-31-33-35-37-39-41-43-46-49-52-55-58-61-64-70(73)76-67-68(66-75-69(72)63-60-57-54-51-48-45-24-21-18-15-12-9-6-3)77-71(74)65-62-59-56-53-50-47-44-42-40-38-36-34-32-30-28-26-23-20-17-14-11-8-5-2/h7,9-10,12,16,18-19,21,25,27,31,33,37,39,45,48,54,57,68H,4-6,8,11,13-15,17,20,22-24,26,28-30,32,34-36,38,40-44,46-47,49-53,55-56,58-67H2,1-3H3/b10-7-,12-9-,19-16-,21-18-,27-25-,33-31-,39-37-,48-45-,57-54-. The summed E-state index contributed by atoms with van der Waals surface area (Å²) in [6.07, 6.45) is 88.3. The second-order valence-electron chi connectivity index (χ2n) is 21.3. The normalized spacial score (nSPS) is 12.8. The lowest BCUT2D eigenvalue weighted by molar-refractivity contribution is -0.166. The number of carbonyl (C=O) groups is 3. The molecule has 0 aromatic rings. The van der Waals surface area contributed by atoms with E-state index in [0.29, 0.717) is 19.3 Å². The van der Waals surface area contributed by atoms with Crippen LogP contribution in [0.25, 0.3) is 0 Å². The number of hydrogen-bond donors (Lipinski definition) is 0. The fraction of sp³-hybridized carbons (Fsp3) is 0.704. The molecule has 440 valence electrons. The lowest BCUT2D eigenvalue weighted by atomic mass is 10.0. The topological polar surface area (TPSA) is 78.9 Å². The van der Waals surface area contributed by atoms with E-state index in [1.165, 1.54) is 154 Å². The second-order valence-corrected chi connectivity index (χ2v) is 21.3. The molecule has 6 nitrogen and oxygen atoms in total.